The Labute approximate surface area is 70.4 Å². The monoisotopic (exact) mass is 169 g/mol. The highest BCUT2D eigenvalue weighted by Crippen LogP contribution is 2.00. The molecule has 0 N–H and O–H groups in total. The van der Waals surface area contributed by atoms with Crippen molar-refractivity contribution >= 4 is 5.91 Å². The largest absolute Gasteiger partial charge is 0.417 e. The molecule has 0 bridgehead atoms. The van der Waals surface area contributed by atoms with Gasteiger partial charge in [-0.2, -0.15) is 0 Å². The van der Waals surface area contributed by atoms with E-state index in [1.165, 1.54) is 4.90 Å². The summed E-state index contributed by atoms with van der Waals surface area (Å²) in [6.45, 7) is 4.15. The Balaban J connectivity index is 2.78. The molecule has 1 rings (SSSR count). The molecule has 0 spiro atoms. The van der Waals surface area contributed by atoms with E-state index in [0.29, 0.717) is 12.4 Å². The maximum Gasteiger partial charge on any atom is 0.311 e. The third-order valence-electron chi connectivity index (χ3n) is 1.53. The highest BCUT2D eigenvalue weighted by Gasteiger charge is 2.16. The van der Waals surface area contributed by atoms with Crippen LogP contribution in [0.15, 0.2) is 4.42 Å². The Hall–Kier alpha value is -1.39. The second-order valence-corrected chi connectivity index (χ2v) is 2.45. The smallest absolute Gasteiger partial charge is 0.311 e. The van der Waals surface area contributed by atoms with Crippen molar-refractivity contribution in [1.29, 1.82) is 0 Å². The molecule has 0 radical (unpaired) electrons. The van der Waals surface area contributed by atoms with Gasteiger partial charge in [-0.3, -0.25) is 4.79 Å². The lowest BCUT2D eigenvalue weighted by Crippen LogP contribution is -2.26. The van der Waals surface area contributed by atoms with Crippen LogP contribution in [0.1, 0.15) is 23.5 Å². The fourth-order valence-electron chi connectivity index (χ4n) is 0.690. The standard InChI is InChI=1S/C7H11N3O2/c1-4-10(3)7(11)6-9-8-5(2)12-6/h4H2,1-3H3. The van der Waals surface area contributed by atoms with E-state index in [-0.39, 0.29) is 11.8 Å². The molecule has 5 heteroatoms. The van der Waals surface area contributed by atoms with Gasteiger partial charge in [-0.25, -0.2) is 0 Å². The molecule has 5 nitrogen and oxygen atoms in total. The Kier molecular flexibility index (Phi) is 2.42. The topological polar surface area (TPSA) is 59.2 Å². The van der Waals surface area contributed by atoms with Gasteiger partial charge in [-0.05, 0) is 6.92 Å². The number of hydrogen-bond acceptors (Lipinski definition) is 4. The summed E-state index contributed by atoms with van der Waals surface area (Å²) in [5, 5.41) is 7.17. The minimum atomic E-state index is -0.238. The maximum absolute atomic E-state index is 11.3. The van der Waals surface area contributed by atoms with Gasteiger partial charge < -0.3 is 9.32 Å². The number of rotatable bonds is 2. The van der Waals surface area contributed by atoms with Gasteiger partial charge in [-0.1, -0.05) is 0 Å². The summed E-state index contributed by atoms with van der Waals surface area (Å²) in [7, 11) is 1.68. The Morgan fingerprint density at radius 1 is 1.58 bits per heavy atom. The van der Waals surface area contributed by atoms with Gasteiger partial charge >= 0.3 is 11.8 Å². The Morgan fingerprint density at radius 3 is 2.67 bits per heavy atom. The molecule has 0 aliphatic heterocycles. The van der Waals surface area contributed by atoms with Crippen LogP contribution in [0.3, 0.4) is 0 Å². The number of amides is 1. The van der Waals surface area contributed by atoms with Gasteiger partial charge in [0.1, 0.15) is 0 Å². The molecule has 0 atom stereocenters. The fourth-order valence-corrected chi connectivity index (χ4v) is 0.690. The van der Waals surface area contributed by atoms with Crippen molar-refractivity contribution in [3.8, 4) is 0 Å². The van der Waals surface area contributed by atoms with Crippen molar-refractivity contribution in [3.63, 3.8) is 0 Å². The first kappa shape index (κ1) is 8.70. The third kappa shape index (κ3) is 1.61. The van der Waals surface area contributed by atoms with Crippen LogP contribution in [-0.4, -0.2) is 34.6 Å². The summed E-state index contributed by atoms with van der Waals surface area (Å²) in [5.74, 6) is 0.220. The summed E-state index contributed by atoms with van der Waals surface area (Å²) in [4.78, 5) is 12.8. The van der Waals surface area contributed by atoms with Crippen molar-refractivity contribution in [3.05, 3.63) is 11.8 Å². The summed E-state index contributed by atoms with van der Waals surface area (Å²) in [5.41, 5.74) is 0. The zero-order chi connectivity index (χ0) is 9.14. The Bertz CT molecular complexity index is 282. The lowest BCUT2D eigenvalue weighted by atomic mass is 10.5. The van der Waals surface area contributed by atoms with E-state index in [9.17, 15) is 4.79 Å². The maximum atomic E-state index is 11.3. The minimum Gasteiger partial charge on any atom is -0.417 e. The van der Waals surface area contributed by atoms with Crippen molar-refractivity contribution in [2.45, 2.75) is 13.8 Å². The minimum absolute atomic E-state index is 0.0526. The van der Waals surface area contributed by atoms with Crippen LogP contribution in [-0.2, 0) is 0 Å². The van der Waals surface area contributed by atoms with Crippen molar-refractivity contribution in [1.82, 2.24) is 15.1 Å². The van der Waals surface area contributed by atoms with Gasteiger partial charge in [0.15, 0.2) is 0 Å². The molecule has 0 unspecified atom stereocenters. The highest BCUT2D eigenvalue weighted by atomic mass is 16.4. The predicted octanol–water partition coefficient (Wildman–Crippen LogP) is 0.470. The number of nitrogens with zero attached hydrogens (tertiary/aromatic N) is 3. The molecule has 1 amide bonds. The predicted molar refractivity (Wildman–Crippen MR) is 41.7 cm³/mol. The molecule has 1 aromatic rings. The number of aromatic nitrogens is 2. The van der Waals surface area contributed by atoms with Gasteiger partial charge in [0.25, 0.3) is 0 Å². The van der Waals surface area contributed by atoms with Crippen molar-refractivity contribution in [2.24, 2.45) is 0 Å². The molecule has 0 fully saturated rings. The summed E-state index contributed by atoms with van der Waals surface area (Å²) < 4.78 is 4.95. The molecule has 0 saturated heterocycles. The van der Waals surface area contributed by atoms with E-state index in [4.69, 9.17) is 4.42 Å². The zero-order valence-electron chi connectivity index (χ0n) is 7.37. The lowest BCUT2D eigenvalue weighted by molar-refractivity contribution is 0.0761. The van der Waals surface area contributed by atoms with Gasteiger partial charge in [0.2, 0.25) is 5.89 Å². The van der Waals surface area contributed by atoms with Crippen LogP contribution in [0.4, 0.5) is 0 Å². The van der Waals surface area contributed by atoms with E-state index in [0.717, 1.165) is 0 Å². The third-order valence-corrected chi connectivity index (χ3v) is 1.53. The zero-order valence-corrected chi connectivity index (χ0v) is 7.37. The second-order valence-electron chi connectivity index (χ2n) is 2.45. The molecule has 1 heterocycles. The van der Waals surface area contributed by atoms with Crippen LogP contribution in [0.25, 0.3) is 0 Å². The lowest BCUT2D eigenvalue weighted by Gasteiger charge is -2.10. The fraction of sp³-hybridized carbons (Fsp3) is 0.571. The average molecular weight is 169 g/mol. The quantitative estimate of drug-likeness (QED) is 0.645. The van der Waals surface area contributed by atoms with E-state index in [1.54, 1.807) is 14.0 Å². The Morgan fingerprint density at radius 2 is 2.25 bits per heavy atom. The van der Waals surface area contributed by atoms with Gasteiger partial charge in [0, 0.05) is 20.5 Å². The SMILES string of the molecule is CCN(C)C(=O)c1nnc(C)o1. The summed E-state index contributed by atoms with van der Waals surface area (Å²) >= 11 is 0. The van der Waals surface area contributed by atoms with Crippen LogP contribution in [0.2, 0.25) is 0 Å². The molecule has 1 aromatic heterocycles. The van der Waals surface area contributed by atoms with E-state index < -0.39 is 0 Å². The first-order chi connectivity index (χ1) is 5.65. The molecule has 66 valence electrons. The van der Waals surface area contributed by atoms with Crippen LogP contribution >= 0.6 is 0 Å². The molecule has 0 aliphatic carbocycles. The van der Waals surface area contributed by atoms with Crippen LogP contribution in [0.5, 0.6) is 0 Å². The second kappa shape index (κ2) is 3.34. The van der Waals surface area contributed by atoms with Crippen LogP contribution < -0.4 is 0 Å². The van der Waals surface area contributed by atoms with E-state index >= 15 is 0 Å². The molecular formula is C7H11N3O2. The molecule has 0 aliphatic rings. The average Bonchev–Trinajstić information content (AvgIpc) is 2.49. The van der Waals surface area contributed by atoms with Crippen molar-refractivity contribution in [2.75, 3.05) is 13.6 Å². The number of aryl methyl sites for hydroxylation is 1. The molecule has 12 heavy (non-hydrogen) atoms. The molecule has 0 saturated carbocycles. The highest BCUT2D eigenvalue weighted by molar-refractivity contribution is 5.89. The van der Waals surface area contributed by atoms with Crippen molar-refractivity contribution < 1.29 is 9.21 Å². The number of carbonyl (C=O) groups excluding carboxylic acids is 1. The van der Waals surface area contributed by atoms with Crippen LogP contribution in [0, 0.1) is 6.92 Å². The number of carbonyl (C=O) groups is 1. The first-order valence-electron chi connectivity index (χ1n) is 3.70. The normalized spacial score (nSPS) is 9.92. The molecular weight excluding hydrogens is 158 g/mol. The van der Waals surface area contributed by atoms with Gasteiger partial charge in [-0.15, -0.1) is 10.2 Å². The van der Waals surface area contributed by atoms with E-state index in [1.807, 2.05) is 6.92 Å². The summed E-state index contributed by atoms with van der Waals surface area (Å²) in [6, 6.07) is 0. The first-order valence-corrected chi connectivity index (χ1v) is 3.70. The van der Waals surface area contributed by atoms with Gasteiger partial charge in [0.05, 0.1) is 0 Å². The number of hydrogen-bond donors (Lipinski definition) is 0. The summed E-state index contributed by atoms with van der Waals surface area (Å²) in [6.07, 6.45) is 0. The molecule has 0 aromatic carbocycles. The van der Waals surface area contributed by atoms with E-state index in [2.05, 4.69) is 10.2 Å².